The normalized spacial score (nSPS) is 13.9. The van der Waals surface area contributed by atoms with Gasteiger partial charge in [0.25, 0.3) is 0 Å². The molecule has 2 heterocycles. The van der Waals surface area contributed by atoms with Crippen molar-refractivity contribution in [3.05, 3.63) is 17.0 Å². The van der Waals surface area contributed by atoms with Crippen molar-refractivity contribution in [2.45, 2.75) is 26.2 Å². The topological polar surface area (TPSA) is 98.1 Å². The molecular formula is C11H12N4O2. The van der Waals surface area contributed by atoms with E-state index in [1.54, 1.807) is 0 Å². The summed E-state index contributed by atoms with van der Waals surface area (Å²) >= 11 is 0. The van der Waals surface area contributed by atoms with E-state index >= 15 is 0 Å². The monoisotopic (exact) mass is 232 g/mol. The molecular weight excluding hydrogens is 220 g/mol. The quantitative estimate of drug-likeness (QED) is 0.708. The summed E-state index contributed by atoms with van der Waals surface area (Å²) in [5, 5.41) is 13.8. The van der Waals surface area contributed by atoms with Crippen LogP contribution < -0.4 is 5.73 Å². The van der Waals surface area contributed by atoms with Crippen LogP contribution in [-0.4, -0.2) is 20.2 Å². The summed E-state index contributed by atoms with van der Waals surface area (Å²) in [5.74, 6) is 0.828. The fourth-order valence-electron chi connectivity index (χ4n) is 2.24. The van der Waals surface area contributed by atoms with Gasteiger partial charge >= 0.3 is 0 Å². The number of nitrogens with zero attached hydrogens (tertiary/aromatic N) is 3. The number of aromatic hydroxyl groups is 1. The Bertz CT molecular complexity index is 591. The van der Waals surface area contributed by atoms with Gasteiger partial charge in [0, 0.05) is 12.0 Å². The van der Waals surface area contributed by atoms with Gasteiger partial charge in [0.05, 0.1) is 17.0 Å². The Balaban J connectivity index is 2.34. The van der Waals surface area contributed by atoms with E-state index in [0.29, 0.717) is 12.1 Å². The highest BCUT2D eigenvalue weighted by Gasteiger charge is 2.25. The fourth-order valence-corrected chi connectivity index (χ4v) is 2.24. The van der Waals surface area contributed by atoms with Gasteiger partial charge in [-0.3, -0.25) is 0 Å². The molecule has 6 heteroatoms. The van der Waals surface area contributed by atoms with Crippen molar-refractivity contribution in [2.24, 2.45) is 0 Å². The van der Waals surface area contributed by atoms with Crippen LogP contribution in [0, 0.1) is 6.92 Å². The lowest BCUT2D eigenvalue weighted by atomic mass is 10.1. The molecule has 0 fully saturated rings. The van der Waals surface area contributed by atoms with E-state index in [2.05, 4.69) is 15.1 Å². The van der Waals surface area contributed by atoms with Gasteiger partial charge < -0.3 is 15.4 Å². The lowest BCUT2D eigenvalue weighted by Crippen LogP contribution is -2.01. The summed E-state index contributed by atoms with van der Waals surface area (Å²) in [7, 11) is 0. The molecule has 1 aliphatic carbocycles. The van der Waals surface area contributed by atoms with Crippen LogP contribution >= 0.6 is 0 Å². The number of hydrogen-bond donors (Lipinski definition) is 2. The Morgan fingerprint density at radius 3 is 2.94 bits per heavy atom. The fraction of sp³-hybridized carbons (Fsp3) is 0.364. The van der Waals surface area contributed by atoms with Crippen molar-refractivity contribution in [1.82, 2.24) is 15.1 Å². The third-order valence-electron chi connectivity index (χ3n) is 3.00. The van der Waals surface area contributed by atoms with Crippen molar-refractivity contribution >= 4 is 5.95 Å². The van der Waals surface area contributed by atoms with Gasteiger partial charge in [-0.1, -0.05) is 5.16 Å². The maximum atomic E-state index is 9.83. The minimum Gasteiger partial charge on any atom is -0.493 e. The number of hydrogen-bond acceptors (Lipinski definition) is 6. The molecule has 0 bridgehead atoms. The highest BCUT2D eigenvalue weighted by Crippen LogP contribution is 2.36. The van der Waals surface area contributed by atoms with Crippen LogP contribution in [0.1, 0.15) is 23.4 Å². The highest BCUT2D eigenvalue weighted by atomic mass is 16.5. The van der Waals surface area contributed by atoms with Gasteiger partial charge in [0.15, 0.2) is 0 Å². The molecule has 0 spiro atoms. The predicted molar refractivity (Wildman–Crippen MR) is 60.4 cm³/mol. The molecule has 0 saturated carbocycles. The SMILES string of the molecule is Cc1noc2c1-c1nc(N)nc(O)c1CCC2. The summed E-state index contributed by atoms with van der Waals surface area (Å²) < 4.78 is 5.27. The zero-order chi connectivity index (χ0) is 12.0. The second kappa shape index (κ2) is 3.44. The average molecular weight is 232 g/mol. The molecule has 2 aromatic heterocycles. The molecule has 0 radical (unpaired) electrons. The Hall–Kier alpha value is -2.11. The first-order chi connectivity index (χ1) is 8.16. The summed E-state index contributed by atoms with van der Waals surface area (Å²) in [4.78, 5) is 8.00. The number of aromatic nitrogens is 3. The molecule has 0 unspecified atom stereocenters. The van der Waals surface area contributed by atoms with Crippen molar-refractivity contribution in [3.63, 3.8) is 0 Å². The molecule has 0 aliphatic heterocycles. The molecule has 0 saturated heterocycles. The molecule has 17 heavy (non-hydrogen) atoms. The molecule has 2 aromatic rings. The Labute approximate surface area is 97.5 Å². The third kappa shape index (κ3) is 1.44. The molecule has 0 atom stereocenters. The molecule has 0 aromatic carbocycles. The predicted octanol–water partition coefficient (Wildman–Crippen LogP) is 1.22. The van der Waals surface area contributed by atoms with Crippen LogP contribution in [0.15, 0.2) is 4.52 Å². The number of nitrogen functional groups attached to an aromatic ring is 1. The number of nitrogens with two attached hydrogens (primary N) is 1. The summed E-state index contributed by atoms with van der Waals surface area (Å²) in [6.45, 7) is 1.85. The van der Waals surface area contributed by atoms with Gasteiger partial charge in [-0.05, 0) is 19.8 Å². The van der Waals surface area contributed by atoms with E-state index in [9.17, 15) is 5.11 Å². The second-order valence-electron chi connectivity index (χ2n) is 4.15. The summed E-state index contributed by atoms with van der Waals surface area (Å²) in [6, 6.07) is 0. The number of fused-ring (bicyclic) bond motifs is 3. The molecule has 88 valence electrons. The lowest BCUT2D eigenvalue weighted by Gasteiger charge is -2.07. The van der Waals surface area contributed by atoms with Crippen LogP contribution in [-0.2, 0) is 12.8 Å². The minimum atomic E-state index is -0.0408. The van der Waals surface area contributed by atoms with Crippen LogP contribution in [0.3, 0.4) is 0 Å². The van der Waals surface area contributed by atoms with E-state index in [1.165, 1.54) is 0 Å². The number of anilines is 1. The molecule has 6 nitrogen and oxygen atoms in total. The van der Waals surface area contributed by atoms with Crippen molar-refractivity contribution in [1.29, 1.82) is 0 Å². The number of rotatable bonds is 0. The van der Waals surface area contributed by atoms with Gasteiger partial charge in [-0.2, -0.15) is 4.98 Å². The largest absolute Gasteiger partial charge is 0.493 e. The molecule has 3 rings (SSSR count). The van der Waals surface area contributed by atoms with Crippen LogP contribution in [0.25, 0.3) is 11.3 Å². The Kier molecular flexibility index (Phi) is 2.04. The van der Waals surface area contributed by atoms with Gasteiger partial charge in [-0.25, -0.2) is 4.98 Å². The minimum absolute atomic E-state index is 0.0408. The molecule has 0 amide bonds. The smallest absolute Gasteiger partial charge is 0.223 e. The first-order valence-corrected chi connectivity index (χ1v) is 5.47. The van der Waals surface area contributed by atoms with E-state index in [1.807, 2.05) is 6.92 Å². The zero-order valence-corrected chi connectivity index (χ0v) is 9.40. The van der Waals surface area contributed by atoms with E-state index < -0.39 is 0 Å². The van der Waals surface area contributed by atoms with Crippen molar-refractivity contribution in [3.8, 4) is 17.1 Å². The van der Waals surface area contributed by atoms with E-state index in [-0.39, 0.29) is 11.8 Å². The van der Waals surface area contributed by atoms with Crippen molar-refractivity contribution < 1.29 is 9.63 Å². The molecule has 3 N–H and O–H groups in total. The maximum absolute atomic E-state index is 9.83. The zero-order valence-electron chi connectivity index (χ0n) is 9.40. The summed E-state index contributed by atoms with van der Waals surface area (Å²) in [6.07, 6.45) is 2.37. The highest BCUT2D eigenvalue weighted by molar-refractivity contribution is 5.70. The van der Waals surface area contributed by atoms with Gasteiger partial charge in [-0.15, -0.1) is 0 Å². The Morgan fingerprint density at radius 2 is 2.12 bits per heavy atom. The first-order valence-electron chi connectivity index (χ1n) is 5.47. The van der Waals surface area contributed by atoms with Crippen LogP contribution in [0.5, 0.6) is 5.88 Å². The maximum Gasteiger partial charge on any atom is 0.223 e. The van der Waals surface area contributed by atoms with Gasteiger partial charge in [0.2, 0.25) is 11.8 Å². The number of aryl methyl sites for hydroxylation is 2. The third-order valence-corrected chi connectivity index (χ3v) is 3.00. The van der Waals surface area contributed by atoms with Crippen molar-refractivity contribution in [2.75, 3.05) is 5.73 Å². The standard InChI is InChI=1S/C11H12N4O2/c1-5-8-7(17-15-5)4-2-3-6-9(8)13-11(12)14-10(6)16/h2-4H2,1H3,(H3,12,13,14,16). The first kappa shape index (κ1) is 10.1. The van der Waals surface area contributed by atoms with Crippen LogP contribution in [0.4, 0.5) is 5.95 Å². The van der Waals surface area contributed by atoms with Crippen LogP contribution in [0.2, 0.25) is 0 Å². The molecule has 1 aliphatic rings. The van der Waals surface area contributed by atoms with E-state index in [0.717, 1.165) is 35.4 Å². The van der Waals surface area contributed by atoms with E-state index in [4.69, 9.17) is 10.3 Å². The Morgan fingerprint density at radius 1 is 1.29 bits per heavy atom. The second-order valence-corrected chi connectivity index (χ2v) is 4.15. The van der Waals surface area contributed by atoms with Gasteiger partial charge in [0.1, 0.15) is 5.76 Å². The summed E-state index contributed by atoms with van der Waals surface area (Å²) in [5.41, 5.74) is 8.57. The lowest BCUT2D eigenvalue weighted by molar-refractivity contribution is 0.377. The average Bonchev–Trinajstić information content (AvgIpc) is 2.53.